The van der Waals surface area contributed by atoms with Gasteiger partial charge in [0.15, 0.2) is 0 Å². The van der Waals surface area contributed by atoms with Gasteiger partial charge in [-0.1, -0.05) is 26.7 Å². The van der Waals surface area contributed by atoms with E-state index in [0.717, 1.165) is 0 Å². The van der Waals surface area contributed by atoms with Crippen LogP contribution in [0, 0.1) is 5.92 Å². The molecule has 7 heteroatoms. The van der Waals surface area contributed by atoms with Crippen molar-refractivity contribution in [1.29, 1.82) is 0 Å². The minimum absolute atomic E-state index is 0.00822. The number of rotatable bonds is 5. The van der Waals surface area contributed by atoms with Crippen molar-refractivity contribution in [2.24, 2.45) is 5.92 Å². The second-order valence-corrected chi connectivity index (χ2v) is 5.96. The Kier molecular flexibility index (Phi) is 5.78. The Morgan fingerprint density at radius 1 is 0.826 bits per heavy atom. The van der Waals surface area contributed by atoms with Crippen molar-refractivity contribution in [3.8, 4) is 0 Å². The van der Waals surface area contributed by atoms with Crippen molar-refractivity contribution in [3.05, 3.63) is 34.9 Å². The van der Waals surface area contributed by atoms with Gasteiger partial charge in [0, 0.05) is 0 Å². The first-order valence-electron chi connectivity index (χ1n) is 7.33. The Hall–Kier alpha value is -1.24. The van der Waals surface area contributed by atoms with Crippen LogP contribution in [0.1, 0.15) is 56.7 Å². The minimum atomic E-state index is -4.92. The van der Waals surface area contributed by atoms with Gasteiger partial charge in [-0.05, 0) is 43.0 Å². The molecule has 0 aliphatic heterocycles. The fourth-order valence-electron chi connectivity index (χ4n) is 2.52. The first-order chi connectivity index (χ1) is 10.3. The van der Waals surface area contributed by atoms with E-state index in [2.05, 4.69) is 0 Å². The Morgan fingerprint density at radius 2 is 1.17 bits per heavy atom. The number of alkyl halides is 6. The smallest absolute Gasteiger partial charge is 0.385 e. The molecule has 0 saturated heterocycles. The largest absolute Gasteiger partial charge is 0.416 e. The molecule has 0 amide bonds. The Balaban J connectivity index is 3.39. The molecule has 0 aliphatic rings. The van der Waals surface area contributed by atoms with Crippen molar-refractivity contribution < 1.29 is 31.4 Å². The van der Waals surface area contributed by atoms with Crippen LogP contribution < -0.4 is 0 Å². The van der Waals surface area contributed by atoms with E-state index >= 15 is 0 Å². The molecule has 0 bridgehead atoms. The quantitative estimate of drug-likeness (QED) is 0.675. The van der Waals surface area contributed by atoms with E-state index in [1.807, 2.05) is 13.8 Å². The van der Waals surface area contributed by atoms with Gasteiger partial charge in [0.1, 0.15) is 0 Å². The van der Waals surface area contributed by atoms with Gasteiger partial charge in [-0.2, -0.15) is 26.3 Å². The second-order valence-electron chi connectivity index (χ2n) is 5.96. The molecular weight excluding hydrogens is 322 g/mol. The molecule has 1 aromatic carbocycles. The van der Waals surface area contributed by atoms with Crippen LogP contribution in [0.15, 0.2) is 18.2 Å². The van der Waals surface area contributed by atoms with Crippen LogP contribution >= 0.6 is 0 Å². The SMILES string of the molecule is CCC(CC)C[C@@](C)(O)c1cc(C(F)(F)F)cc(C(F)(F)F)c1. The fraction of sp³-hybridized carbons (Fsp3) is 0.625. The molecule has 1 rings (SSSR count). The normalized spacial score (nSPS) is 15.8. The summed E-state index contributed by atoms with van der Waals surface area (Å²) in [6.45, 7) is 4.97. The average molecular weight is 342 g/mol. The molecule has 0 heterocycles. The van der Waals surface area contributed by atoms with Crippen LogP contribution in [0.3, 0.4) is 0 Å². The summed E-state index contributed by atoms with van der Waals surface area (Å²) in [6, 6.07) is 1.26. The number of halogens is 6. The molecule has 132 valence electrons. The van der Waals surface area contributed by atoms with Gasteiger partial charge in [-0.25, -0.2) is 0 Å². The number of hydrogen-bond donors (Lipinski definition) is 1. The summed E-state index contributed by atoms with van der Waals surface area (Å²) in [4.78, 5) is 0. The van der Waals surface area contributed by atoms with E-state index in [9.17, 15) is 31.4 Å². The molecule has 23 heavy (non-hydrogen) atoms. The fourth-order valence-corrected chi connectivity index (χ4v) is 2.52. The summed E-state index contributed by atoms with van der Waals surface area (Å²) in [5.74, 6) is 0.00822. The molecule has 0 unspecified atom stereocenters. The molecule has 0 radical (unpaired) electrons. The van der Waals surface area contributed by atoms with Gasteiger partial charge in [-0.15, -0.1) is 0 Å². The highest BCUT2D eigenvalue weighted by atomic mass is 19.4. The zero-order valence-electron chi connectivity index (χ0n) is 13.1. The Labute approximate surface area is 131 Å². The van der Waals surface area contributed by atoms with Crippen LogP contribution in [-0.4, -0.2) is 5.11 Å². The summed E-state index contributed by atoms with van der Waals surface area (Å²) in [7, 11) is 0. The van der Waals surface area contributed by atoms with E-state index < -0.39 is 29.1 Å². The second kappa shape index (κ2) is 6.71. The molecule has 1 aromatic rings. The first-order valence-corrected chi connectivity index (χ1v) is 7.33. The van der Waals surface area contributed by atoms with Gasteiger partial charge in [-0.3, -0.25) is 0 Å². The van der Waals surface area contributed by atoms with Gasteiger partial charge < -0.3 is 5.11 Å². The highest BCUT2D eigenvalue weighted by molar-refractivity contribution is 5.36. The molecule has 0 saturated carbocycles. The van der Waals surface area contributed by atoms with E-state index in [1.165, 1.54) is 6.92 Å². The maximum atomic E-state index is 12.9. The first kappa shape index (κ1) is 19.8. The molecule has 1 nitrogen and oxygen atoms in total. The van der Waals surface area contributed by atoms with E-state index in [0.29, 0.717) is 25.0 Å². The molecule has 1 N–H and O–H groups in total. The van der Waals surface area contributed by atoms with Crippen LogP contribution in [0.5, 0.6) is 0 Å². The lowest BCUT2D eigenvalue weighted by Gasteiger charge is -2.29. The monoisotopic (exact) mass is 342 g/mol. The zero-order valence-corrected chi connectivity index (χ0v) is 13.1. The third-order valence-corrected chi connectivity index (χ3v) is 4.05. The highest BCUT2D eigenvalue weighted by Crippen LogP contribution is 2.40. The minimum Gasteiger partial charge on any atom is -0.385 e. The van der Waals surface area contributed by atoms with Crippen LogP contribution in [0.25, 0.3) is 0 Å². The van der Waals surface area contributed by atoms with Crippen molar-refractivity contribution in [3.63, 3.8) is 0 Å². The maximum Gasteiger partial charge on any atom is 0.416 e. The lowest BCUT2D eigenvalue weighted by Crippen LogP contribution is -2.26. The Morgan fingerprint density at radius 3 is 1.48 bits per heavy atom. The number of benzene rings is 1. The van der Waals surface area contributed by atoms with Crippen LogP contribution in [0.2, 0.25) is 0 Å². The summed E-state index contributed by atoms with van der Waals surface area (Å²) >= 11 is 0. The van der Waals surface area contributed by atoms with Crippen molar-refractivity contribution in [2.45, 2.75) is 58.0 Å². The standard InChI is InChI=1S/C16H20F6O/c1-4-10(5-2)9-14(3,23)11-6-12(15(17,18)19)8-13(7-11)16(20,21)22/h6-8,10,23H,4-5,9H2,1-3H3/t14-/m1/s1. The number of aliphatic hydroxyl groups is 1. The van der Waals surface area contributed by atoms with Gasteiger partial charge >= 0.3 is 12.4 Å². The summed E-state index contributed by atoms with van der Waals surface area (Å²) in [5, 5.41) is 10.5. The zero-order chi connectivity index (χ0) is 18.1. The van der Waals surface area contributed by atoms with Gasteiger partial charge in [0.25, 0.3) is 0 Å². The predicted octanol–water partition coefficient (Wildman–Crippen LogP) is 5.76. The van der Waals surface area contributed by atoms with Crippen molar-refractivity contribution in [2.75, 3.05) is 0 Å². The van der Waals surface area contributed by atoms with E-state index in [4.69, 9.17) is 0 Å². The molecular formula is C16H20F6O. The lowest BCUT2D eigenvalue weighted by molar-refractivity contribution is -0.143. The lowest BCUT2D eigenvalue weighted by atomic mass is 9.82. The summed E-state index contributed by atoms with van der Waals surface area (Å²) < 4.78 is 77.2. The molecule has 0 aromatic heterocycles. The Bertz CT molecular complexity index is 494. The van der Waals surface area contributed by atoms with Crippen molar-refractivity contribution in [1.82, 2.24) is 0 Å². The summed E-state index contributed by atoms with van der Waals surface area (Å²) in [6.07, 6.45) is -8.38. The maximum absolute atomic E-state index is 12.9. The van der Waals surface area contributed by atoms with Crippen LogP contribution in [-0.2, 0) is 18.0 Å². The van der Waals surface area contributed by atoms with Gasteiger partial charge in [0.2, 0.25) is 0 Å². The highest BCUT2D eigenvalue weighted by Gasteiger charge is 2.39. The van der Waals surface area contributed by atoms with Gasteiger partial charge in [0.05, 0.1) is 16.7 Å². The summed E-state index contributed by atoms with van der Waals surface area (Å²) in [5.41, 5.74) is -4.95. The third-order valence-electron chi connectivity index (χ3n) is 4.05. The van der Waals surface area contributed by atoms with E-state index in [-0.39, 0.29) is 24.0 Å². The van der Waals surface area contributed by atoms with E-state index in [1.54, 1.807) is 0 Å². The molecule has 0 spiro atoms. The average Bonchev–Trinajstić information content (AvgIpc) is 2.42. The van der Waals surface area contributed by atoms with Crippen molar-refractivity contribution >= 4 is 0 Å². The predicted molar refractivity (Wildman–Crippen MR) is 74.7 cm³/mol. The number of hydrogen-bond acceptors (Lipinski definition) is 1. The van der Waals surface area contributed by atoms with Crippen LogP contribution in [0.4, 0.5) is 26.3 Å². The molecule has 1 atom stereocenters. The molecule has 0 fully saturated rings. The third kappa shape index (κ3) is 5.12. The molecule has 0 aliphatic carbocycles. The topological polar surface area (TPSA) is 20.2 Å².